The lowest BCUT2D eigenvalue weighted by atomic mass is 9.51. The average Bonchev–Trinajstić information content (AvgIpc) is 4.00. The zero-order valence-electron chi connectivity index (χ0n) is 37.8. The Balaban J connectivity index is 1.02. The number of amides is 4. The maximum Gasteiger partial charge on any atom is 0.242 e. The first-order chi connectivity index (χ1) is 32.2. The largest absolute Gasteiger partial charge is 0.507 e. The number of hydrogen-bond donors (Lipinski definition) is 1. The van der Waals surface area contributed by atoms with Gasteiger partial charge in [0.15, 0.2) is 0 Å². The lowest BCUT2D eigenvalue weighted by Crippen LogP contribution is -2.49. The van der Waals surface area contributed by atoms with E-state index in [1.807, 2.05) is 73.7 Å². The van der Waals surface area contributed by atoms with Crippen LogP contribution in [0, 0.1) is 36.0 Å². The molecule has 10 rings (SSSR count). The molecule has 3 fully saturated rings. The summed E-state index contributed by atoms with van der Waals surface area (Å²) in [6.45, 7) is 3.76. The van der Waals surface area contributed by atoms with Gasteiger partial charge in [-0.2, -0.15) is 5.10 Å². The number of methoxy groups -OCH3 is 4. The van der Waals surface area contributed by atoms with Crippen molar-refractivity contribution in [1.82, 2.24) is 9.78 Å². The van der Waals surface area contributed by atoms with Crippen molar-refractivity contribution < 1.29 is 43.2 Å². The van der Waals surface area contributed by atoms with Gasteiger partial charge < -0.3 is 24.1 Å². The van der Waals surface area contributed by atoms with E-state index in [2.05, 4.69) is 0 Å². The number of phenols is 1. The fourth-order valence-electron chi connectivity index (χ4n) is 11.1. The van der Waals surface area contributed by atoms with E-state index in [4.69, 9.17) is 35.6 Å². The van der Waals surface area contributed by atoms with Crippen LogP contribution in [0.15, 0.2) is 90.5 Å². The lowest BCUT2D eigenvalue weighted by Gasteiger charge is -2.49. The number of fused-ring (bicyclic) bond motifs is 5. The number of allylic oxidation sites excluding steroid dienone is 2. The number of carbonyl (C=O) groups excluding carboxylic acids is 4. The van der Waals surface area contributed by atoms with Crippen LogP contribution in [0.5, 0.6) is 28.7 Å². The number of aryl methyl sites for hydroxylation is 2. The fourth-order valence-corrected chi connectivity index (χ4v) is 12.4. The van der Waals surface area contributed by atoms with E-state index < -0.39 is 46.8 Å². The standard InChI is InChI=1S/C52H47ClN4O9S/c1-26-35-21-29(53)12-19-42(35)67-47(26)38-25-43(55(3)54-38)57-49(60)37-24-36-33(46(52(37,2)51(57)62)45-39(58)22-32(64-5)23-41(45)66-7)16-17-34-44(36)50(61)56(48(34)59)30-13-9-27(10-14-30)8-11-28-20-31(63-4)15-18-40(28)65-6/h8-16,18-23,25,34,36-37,44,46,58H,17,24H2,1-7H3/t34-,36+,37-,44-,46+,52+/m0/s1. The van der Waals surface area contributed by atoms with Crippen molar-refractivity contribution in [3.05, 3.63) is 118 Å². The summed E-state index contributed by atoms with van der Waals surface area (Å²) < 4.78 is 24.9. The fraction of sp³-hybridized carbons (Fsp3) is 0.288. The van der Waals surface area contributed by atoms with Crippen LogP contribution in [0.4, 0.5) is 11.5 Å². The van der Waals surface area contributed by atoms with Gasteiger partial charge in [0.1, 0.15) is 40.3 Å². The number of anilines is 2. The summed E-state index contributed by atoms with van der Waals surface area (Å²) in [6.07, 6.45) is 6.08. The number of benzene rings is 4. The highest BCUT2D eigenvalue weighted by Gasteiger charge is 2.68. The van der Waals surface area contributed by atoms with E-state index in [9.17, 15) is 14.7 Å². The molecule has 0 unspecified atom stereocenters. The number of halogens is 1. The molecule has 0 spiro atoms. The number of hydrogen-bond acceptors (Lipinski definition) is 11. The van der Waals surface area contributed by atoms with Crippen molar-refractivity contribution in [3.8, 4) is 39.3 Å². The molecule has 15 heteroatoms. The monoisotopic (exact) mass is 938 g/mol. The Morgan fingerprint density at radius 1 is 0.806 bits per heavy atom. The Morgan fingerprint density at radius 3 is 2.27 bits per heavy atom. The number of rotatable bonds is 10. The van der Waals surface area contributed by atoms with Gasteiger partial charge in [-0.05, 0) is 97.7 Å². The first-order valence-corrected chi connectivity index (χ1v) is 23.1. The molecule has 2 saturated heterocycles. The number of imide groups is 2. The van der Waals surface area contributed by atoms with Crippen LogP contribution >= 0.6 is 22.9 Å². The van der Waals surface area contributed by atoms with Crippen LogP contribution in [-0.2, 0) is 26.2 Å². The van der Waals surface area contributed by atoms with Gasteiger partial charge >= 0.3 is 0 Å². The molecule has 1 saturated carbocycles. The molecule has 2 aromatic heterocycles. The topological polar surface area (TPSA) is 150 Å². The highest BCUT2D eigenvalue weighted by molar-refractivity contribution is 7.22. The second-order valence-electron chi connectivity index (χ2n) is 17.7. The molecule has 4 amide bonds. The third-order valence-electron chi connectivity index (χ3n) is 14.4. The smallest absolute Gasteiger partial charge is 0.242 e. The molecule has 342 valence electrons. The molecule has 0 radical (unpaired) electrons. The van der Waals surface area contributed by atoms with Crippen LogP contribution in [-0.4, -0.2) is 67.0 Å². The Bertz CT molecular complexity index is 3140. The van der Waals surface area contributed by atoms with E-state index in [-0.39, 0.29) is 42.0 Å². The molecular formula is C52H47ClN4O9S. The molecule has 6 aromatic rings. The first kappa shape index (κ1) is 44.0. The third kappa shape index (κ3) is 6.74. The van der Waals surface area contributed by atoms with Crippen molar-refractivity contribution in [2.75, 3.05) is 38.2 Å². The van der Waals surface area contributed by atoms with Crippen molar-refractivity contribution in [2.24, 2.45) is 36.1 Å². The third-order valence-corrected chi connectivity index (χ3v) is 15.9. The predicted octanol–water partition coefficient (Wildman–Crippen LogP) is 9.61. The number of aromatic nitrogens is 2. The number of thiophene rings is 1. The maximum atomic E-state index is 15.4. The molecule has 4 aromatic carbocycles. The molecule has 2 aliphatic carbocycles. The van der Waals surface area contributed by atoms with Crippen molar-refractivity contribution in [3.63, 3.8) is 0 Å². The minimum absolute atomic E-state index is 0.117. The van der Waals surface area contributed by atoms with E-state index in [1.54, 1.807) is 68.5 Å². The SMILES string of the molecule is COc1ccc(OC)c(C=Cc2ccc(N3C(=O)[C@H]4[C@H](CC=C5[C@H]4C[C@H]4C(=O)N(c6cc(-c7sc8ccc(Cl)cc8c7C)nn6C)C(=O)[C@@]4(C)[C@H]5c4c(O)cc(OC)cc4OC)C3=O)cc2)c1. The molecule has 13 nitrogen and oxygen atoms in total. The summed E-state index contributed by atoms with van der Waals surface area (Å²) in [4.78, 5) is 63.3. The number of ether oxygens (including phenoxy) is 4. The normalized spacial score (nSPS) is 23.5. The second-order valence-corrected chi connectivity index (χ2v) is 19.2. The van der Waals surface area contributed by atoms with Crippen LogP contribution < -0.4 is 28.7 Å². The highest BCUT2D eigenvalue weighted by Crippen LogP contribution is 2.66. The molecule has 4 heterocycles. The lowest BCUT2D eigenvalue weighted by molar-refractivity contribution is -0.131. The van der Waals surface area contributed by atoms with E-state index in [1.165, 1.54) is 30.1 Å². The minimum Gasteiger partial charge on any atom is -0.507 e. The molecule has 67 heavy (non-hydrogen) atoms. The number of nitrogens with zero attached hydrogens (tertiary/aromatic N) is 4. The number of carbonyl (C=O) groups is 4. The van der Waals surface area contributed by atoms with E-state index in [0.717, 1.165) is 31.7 Å². The summed E-state index contributed by atoms with van der Waals surface area (Å²) in [5.74, 6) is -3.69. The summed E-state index contributed by atoms with van der Waals surface area (Å²) in [5, 5.41) is 18.3. The van der Waals surface area contributed by atoms with Gasteiger partial charge in [0.05, 0.1) is 62.2 Å². The Labute approximate surface area is 395 Å². The van der Waals surface area contributed by atoms with Gasteiger partial charge in [0, 0.05) is 52.0 Å². The van der Waals surface area contributed by atoms with Crippen LogP contribution in [0.25, 0.3) is 32.8 Å². The Morgan fingerprint density at radius 2 is 1.55 bits per heavy atom. The first-order valence-electron chi connectivity index (χ1n) is 21.9. The van der Waals surface area contributed by atoms with Gasteiger partial charge in [-0.1, -0.05) is 47.5 Å². The second kappa shape index (κ2) is 16.5. The van der Waals surface area contributed by atoms with Gasteiger partial charge in [-0.25, -0.2) is 4.90 Å². The molecule has 4 aliphatic rings. The van der Waals surface area contributed by atoms with Crippen molar-refractivity contribution >= 4 is 80.3 Å². The minimum atomic E-state index is -1.47. The summed E-state index contributed by atoms with van der Waals surface area (Å²) in [6, 6.07) is 23.2. The highest BCUT2D eigenvalue weighted by atomic mass is 35.5. The number of aromatic hydroxyl groups is 1. The molecule has 6 atom stereocenters. The van der Waals surface area contributed by atoms with E-state index >= 15 is 9.59 Å². The Kier molecular flexibility index (Phi) is 10.8. The summed E-state index contributed by atoms with van der Waals surface area (Å²) in [5.41, 5.74) is 3.16. The zero-order chi connectivity index (χ0) is 47.2. The average molecular weight is 939 g/mol. The molecular weight excluding hydrogens is 892 g/mol. The zero-order valence-corrected chi connectivity index (χ0v) is 39.4. The van der Waals surface area contributed by atoms with Crippen molar-refractivity contribution in [1.29, 1.82) is 0 Å². The maximum absolute atomic E-state index is 15.4. The molecule has 1 N–H and O–H groups in total. The van der Waals surface area contributed by atoms with E-state index in [0.29, 0.717) is 44.8 Å². The quantitative estimate of drug-likeness (QED) is 0.0800. The van der Waals surface area contributed by atoms with Crippen LogP contribution in [0.2, 0.25) is 5.02 Å². The molecule has 0 bridgehead atoms. The van der Waals surface area contributed by atoms with Gasteiger partial charge in [0.25, 0.3) is 0 Å². The van der Waals surface area contributed by atoms with Gasteiger partial charge in [0.2, 0.25) is 23.6 Å². The molecule has 2 aliphatic heterocycles. The van der Waals surface area contributed by atoms with Crippen molar-refractivity contribution in [2.45, 2.75) is 32.6 Å². The summed E-state index contributed by atoms with van der Waals surface area (Å²) in [7, 11) is 7.83. The summed E-state index contributed by atoms with van der Waals surface area (Å²) >= 11 is 7.91. The predicted molar refractivity (Wildman–Crippen MR) is 257 cm³/mol. The van der Waals surface area contributed by atoms with Crippen LogP contribution in [0.3, 0.4) is 0 Å². The van der Waals surface area contributed by atoms with Gasteiger partial charge in [-0.3, -0.25) is 28.8 Å². The number of phenolic OH excluding ortho intramolecular Hbond substituents is 1. The van der Waals surface area contributed by atoms with Gasteiger partial charge in [-0.15, -0.1) is 11.3 Å². The Hall–Kier alpha value is -6.90. The van der Waals surface area contributed by atoms with Crippen LogP contribution in [0.1, 0.15) is 47.9 Å².